The number of nitrogens with one attached hydrogen (secondary N) is 4. The first-order chi connectivity index (χ1) is 15.5. The zero-order valence-electron chi connectivity index (χ0n) is 18.4. The largest absolute Gasteiger partial charge is 0.480 e. The third kappa shape index (κ3) is 9.24. The summed E-state index contributed by atoms with van der Waals surface area (Å²) in [7, 11) is 0. The Balaban J connectivity index is 2.92. The molecule has 33 heavy (non-hydrogen) atoms. The lowest BCUT2D eigenvalue weighted by Gasteiger charge is -2.25. The van der Waals surface area contributed by atoms with Gasteiger partial charge in [0.1, 0.15) is 18.1 Å². The van der Waals surface area contributed by atoms with Crippen molar-refractivity contribution < 1.29 is 34.2 Å². The number of aliphatic hydroxyl groups excluding tert-OH is 1. The van der Waals surface area contributed by atoms with Gasteiger partial charge < -0.3 is 42.6 Å². The highest BCUT2D eigenvalue weighted by atomic mass is 16.4. The van der Waals surface area contributed by atoms with Gasteiger partial charge in [-0.3, -0.25) is 19.2 Å². The fourth-order valence-electron chi connectivity index (χ4n) is 2.77. The standard InChI is InChI=1S/C19H31N7O7/c1-9(2)15(19(32)33)26-17(30)12(5-10-6-22-8-23-10)24-18(31)13(7-27)25-16(29)11(20)3-4-14(21)28/h6,8-9,11-13,15,27H,3-5,7,20H2,1-2H3,(H2,21,28)(H,22,23)(H,24,31)(H,25,29)(H,26,30)(H,32,33). The van der Waals surface area contributed by atoms with E-state index in [-0.39, 0.29) is 19.3 Å². The Labute approximate surface area is 189 Å². The van der Waals surface area contributed by atoms with Gasteiger partial charge in [-0.1, -0.05) is 13.8 Å². The van der Waals surface area contributed by atoms with E-state index in [0.717, 1.165) is 0 Å². The number of H-pyrrole nitrogens is 1. The molecule has 4 unspecified atom stereocenters. The number of hydrogen-bond acceptors (Lipinski definition) is 8. The molecule has 184 valence electrons. The van der Waals surface area contributed by atoms with Crippen LogP contribution in [0.4, 0.5) is 0 Å². The third-order valence-electron chi connectivity index (χ3n) is 4.70. The normalized spacial score (nSPS) is 14.6. The molecule has 0 aromatic carbocycles. The lowest BCUT2D eigenvalue weighted by Crippen LogP contribution is -2.59. The molecule has 0 aliphatic rings. The van der Waals surface area contributed by atoms with Crippen LogP contribution in [-0.4, -0.2) is 80.6 Å². The number of aromatic amines is 1. The van der Waals surface area contributed by atoms with Crippen LogP contribution < -0.4 is 27.4 Å². The minimum Gasteiger partial charge on any atom is -0.480 e. The number of aromatic nitrogens is 2. The molecule has 0 saturated carbocycles. The Hall–Kier alpha value is -3.52. The predicted octanol–water partition coefficient (Wildman–Crippen LogP) is -3.27. The van der Waals surface area contributed by atoms with Gasteiger partial charge in [-0.15, -0.1) is 0 Å². The first-order valence-electron chi connectivity index (χ1n) is 10.2. The summed E-state index contributed by atoms with van der Waals surface area (Å²) in [6, 6.07) is -5.04. The molecule has 1 aromatic rings. The number of nitrogens with two attached hydrogens (primary N) is 2. The highest BCUT2D eigenvalue weighted by Crippen LogP contribution is 2.05. The summed E-state index contributed by atoms with van der Waals surface area (Å²) in [6.07, 6.45) is 2.53. The van der Waals surface area contributed by atoms with Crippen LogP contribution in [0.2, 0.25) is 0 Å². The van der Waals surface area contributed by atoms with Crippen LogP contribution in [0.5, 0.6) is 0 Å². The minimum atomic E-state index is -1.45. The van der Waals surface area contributed by atoms with E-state index >= 15 is 0 Å². The summed E-state index contributed by atoms with van der Waals surface area (Å²) in [5.41, 5.74) is 11.1. The lowest BCUT2D eigenvalue weighted by atomic mass is 10.0. The molecule has 14 nitrogen and oxygen atoms in total. The number of carboxylic acids is 1. The monoisotopic (exact) mass is 469 g/mol. The fraction of sp³-hybridized carbons (Fsp3) is 0.579. The molecular weight excluding hydrogens is 438 g/mol. The maximum absolute atomic E-state index is 12.8. The summed E-state index contributed by atoms with van der Waals surface area (Å²) in [5.74, 6) is -4.80. The summed E-state index contributed by atoms with van der Waals surface area (Å²) >= 11 is 0. The molecule has 0 saturated heterocycles. The summed E-state index contributed by atoms with van der Waals surface area (Å²) < 4.78 is 0. The van der Waals surface area contributed by atoms with Crippen LogP contribution >= 0.6 is 0 Å². The Bertz CT molecular complexity index is 828. The van der Waals surface area contributed by atoms with Crippen LogP contribution in [0.15, 0.2) is 12.5 Å². The highest BCUT2D eigenvalue weighted by Gasteiger charge is 2.31. The first-order valence-corrected chi connectivity index (χ1v) is 10.2. The van der Waals surface area contributed by atoms with Crippen molar-refractivity contribution in [1.82, 2.24) is 25.9 Å². The number of imidazole rings is 1. The number of primary amides is 1. The number of amides is 4. The van der Waals surface area contributed by atoms with E-state index in [1.54, 1.807) is 13.8 Å². The zero-order valence-corrected chi connectivity index (χ0v) is 18.4. The van der Waals surface area contributed by atoms with Crippen LogP contribution in [0.3, 0.4) is 0 Å². The van der Waals surface area contributed by atoms with Gasteiger partial charge >= 0.3 is 5.97 Å². The second kappa shape index (κ2) is 13.1. The van der Waals surface area contributed by atoms with Crippen molar-refractivity contribution in [3.8, 4) is 0 Å². The second-order valence-corrected chi connectivity index (χ2v) is 7.77. The quantitative estimate of drug-likeness (QED) is 0.136. The Morgan fingerprint density at radius 3 is 2.15 bits per heavy atom. The number of carboxylic acid groups (broad SMARTS) is 1. The molecule has 1 rings (SSSR count). The van der Waals surface area contributed by atoms with Crippen molar-refractivity contribution in [3.63, 3.8) is 0 Å². The zero-order chi connectivity index (χ0) is 25.1. The molecule has 0 aliphatic carbocycles. The summed E-state index contributed by atoms with van der Waals surface area (Å²) in [5, 5.41) is 25.9. The van der Waals surface area contributed by atoms with Gasteiger partial charge in [-0.05, 0) is 12.3 Å². The molecule has 10 N–H and O–H groups in total. The van der Waals surface area contributed by atoms with Gasteiger partial charge in [0, 0.05) is 24.7 Å². The summed E-state index contributed by atoms with van der Waals surface area (Å²) in [6.45, 7) is 2.42. The molecular formula is C19H31N7O7. The average molecular weight is 469 g/mol. The van der Waals surface area contributed by atoms with Crippen molar-refractivity contribution in [3.05, 3.63) is 18.2 Å². The van der Waals surface area contributed by atoms with Crippen LogP contribution in [0.1, 0.15) is 32.4 Å². The predicted molar refractivity (Wildman–Crippen MR) is 114 cm³/mol. The molecule has 0 spiro atoms. The molecule has 0 radical (unpaired) electrons. The number of rotatable bonds is 14. The van der Waals surface area contributed by atoms with Gasteiger partial charge in [-0.2, -0.15) is 0 Å². The maximum Gasteiger partial charge on any atom is 0.326 e. The molecule has 4 amide bonds. The van der Waals surface area contributed by atoms with E-state index in [9.17, 15) is 34.2 Å². The molecule has 1 aromatic heterocycles. The molecule has 0 fully saturated rings. The highest BCUT2D eigenvalue weighted by molar-refractivity contribution is 5.94. The van der Waals surface area contributed by atoms with E-state index in [2.05, 4.69) is 25.9 Å². The van der Waals surface area contributed by atoms with Crippen molar-refractivity contribution in [2.24, 2.45) is 17.4 Å². The number of aliphatic hydroxyl groups is 1. The third-order valence-corrected chi connectivity index (χ3v) is 4.70. The Kier molecular flexibility index (Phi) is 10.9. The first kappa shape index (κ1) is 27.5. The second-order valence-electron chi connectivity index (χ2n) is 7.77. The number of carbonyl (C=O) groups excluding carboxylic acids is 4. The van der Waals surface area contributed by atoms with Gasteiger partial charge in [0.2, 0.25) is 23.6 Å². The van der Waals surface area contributed by atoms with Crippen molar-refractivity contribution in [2.45, 2.75) is 57.3 Å². The van der Waals surface area contributed by atoms with Crippen LogP contribution in [0, 0.1) is 5.92 Å². The SMILES string of the molecule is CC(C)C(NC(=O)C(Cc1cnc[nH]1)NC(=O)C(CO)NC(=O)C(N)CCC(N)=O)C(=O)O. The summed E-state index contributed by atoms with van der Waals surface area (Å²) in [4.78, 5) is 66.5. The van der Waals surface area contributed by atoms with Gasteiger partial charge in [0.15, 0.2) is 0 Å². The smallest absolute Gasteiger partial charge is 0.326 e. The average Bonchev–Trinajstić information content (AvgIpc) is 3.25. The number of carbonyl (C=O) groups is 5. The number of aliphatic carboxylic acids is 1. The minimum absolute atomic E-state index is 0.0580. The fourth-order valence-corrected chi connectivity index (χ4v) is 2.77. The van der Waals surface area contributed by atoms with Crippen molar-refractivity contribution >= 4 is 29.6 Å². The molecule has 14 heteroatoms. The number of hydrogen-bond donors (Lipinski definition) is 8. The van der Waals surface area contributed by atoms with Gasteiger partial charge in [0.25, 0.3) is 0 Å². The Morgan fingerprint density at radius 2 is 1.67 bits per heavy atom. The van der Waals surface area contributed by atoms with E-state index in [0.29, 0.717) is 5.69 Å². The maximum atomic E-state index is 12.8. The molecule has 1 heterocycles. The van der Waals surface area contributed by atoms with Crippen LogP contribution in [0.25, 0.3) is 0 Å². The lowest BCUT2D eigenvalue weighted by molar-refractivity contribution is -0.143. The van der Waals surface area contributed by atoms with E-state index in [1.165, 1.54) is 12.5 Å². The van der Waals surface area contributed by atoms with E-state index in [4.69, 9.17) is 11.5 Å². The topological polar surface area (TPSA) is 243 Å². The molecule has 0 aliphatic heterocycles. The van der Waals surface area contributed by atoms with Crippen molar-refractivity contribution in [2.75, 3.05) is 6.61 Å². The van der Waals surface area contributed by atoms with E-state index in [1.807, 2.05) is 0 Å². The van der Waals surface area contributed by atoms with Gasteiger partial charge in [-0.25, -0.2) is 9.78 Å². The van der Waals surface area contributed by atoms with Crippen LogP contribution in [-0.2, 0) is 30.4 Å². The van der Waals surface area contributed by atoms with Crippen molar-refractivity contribution in [1.29, 1.82) is 0 Å². The molecule has 0 bridgehead atoms. The van der Waals surface area contributed by atoms with Gasteiger partial charge in [0.05, 0.1) is 19.0 Å². The van der Waals surface area contributed by atoms with E-state index < -0.39 is 66.3 Å². The number of nitrogens with zero attached hydrogens (tertiary/aromatic N) is 1. The Morgan fingerprint density at radius 1 is 1.06 bits per heavy atom. The molecule has 4 atom stereocenters.